The summed E-state index contributed by atoms with van der Waals surface area (Å²) in [6.45, 7) is 2.66. The Kier molecular flexibility index (Phi) is 5.56. The lowest BCUT2D eigenvalue weighted by Gasteiger charge is -2.30. The summed E-state index contributed by atoms with van der Waals surface area (Å²) >= 11 is 0. The quantitative estimate of drug-likeness (QED) is 0.836. The minimum atomic E-state index is -0.559. The van der Waals surface area contributed by atoms with E-state index in [2.05, 4.69) is 39.5 Å². The molecule has 0 spiro atoms. The molecule has 1 aromatic heterocycles. The number of pyridine rings is 1. The van der Waals surface area contributed by atoms with E-state index < -0.39 is 6.10 Å². The zero-order valence-corrected chi connectivity index (χ0v) is 13.7. The Labute approximate surface area is 142 Å². The zero-order valence-electron chi connectivity index (χ0n) is 13.7. The molecule has 2 aromatic rings. The van der Waals surface area contributed by atoms with Gasteiger partial charge in [-0.05, 0) is 35.2 Å². The van der Waals surface area contributed by atoms with Crippen molar-refractivity contribution in [2.24, 2.45) is 0 Å². The highest BCUT2D eigenvalue weighted by molar-refractivity contribution is 5.78. The lowest BCUT2D eigenvalue weighted by Crippen LogP contribution is -2.42. The molecule has 0 saturated heterocycles. The van der Waals surface area contributed by atoms with E-state index in [1.807, 2.05) is 12.1 Å². The number of rotatable bonds is 6. The molecule has 1 aliphatic heterocycles. The molecule has 1 unspecified atom stereocenters. The van der Waals surface area contributed by atoms with Crippen molar-refractivity contribution in [3.63, 3.8) is 0 Å². The Balaban J connectivity index is 1.41. The normalized spacial score (nSPS) is 15.5. The number of nitrogens with zero attached hydrogens (tertiary/aromatic N) is 2. The molecular weight excluding hydrogens is 302 g/mol. The van der Waals surface area contributed by atoms with E-state index in [9.17, 15) is 9.90 Å². The van der Waals surface area contributed by atoms with Crippen molar-refractivity contribution in [2.75, 3.05) is 19.6 Å². The molecule has 5 nitrogen and oxygen atoms in total. The van der Waals surface area contributed by atoms with Gasteiger partial charge in [0.05, 0.1) is 12.5 Å². The largest absolute Gasteiger partial charge is 0.390 e. The first kappa shape index (κ1) is 16.6. The molecule has 1 aliphatic rings. The Bertz CT molecular complexity index is 675. The van der Waals surface area contributed by atoms with Crippen LogP contribution in [0.5, 0.6) is 0 Å². The second-order valence-corrected chi connectivity index (χ2v) is 6.24. The van der Waals surface area contributed by atoms with E-state index in [1.165, 1.54) is 11.1 Å². The molecule has 3 rings (SSSR count). The van der Waals surface area contributed by atoms with Gasteiger partial charge in [0.1, 0.15) is 0 Å². The van der Waals surface area contributed by atoms with Crippen LogP contribution in [0.2, 0.25) is 0 Å². The second kappa shape index (κ2) is 8.04. The second-order valence-electron chi connectivity index (χ2n) is 6.24. The lowest BCUT2D eigenvalue weighted by atomic mass is 10.00. The van der Waals surface area contributed by atoms with Gasteiger partial charge in [-0.3, -0.25) is 14.7 Å². The van der Waals surface area contributed by atoms with Crippen molar-refractivity contribution in [2.45, 2.75) is 25.5 Å². The van der Waals surface area contributed by atoms with Crippen LogP contribution in [0.25, 0.3) is 0 Å². The van der Waals surface area contributed by atoms with Crippen molar-refractivity contribution in [1.29, 1.82) is 0 Å². The smallest absolute Gasteiger partial charge is 0.224 e. The maximum absolute atomic E-state index is 11.9. The number of aliphatic hydroxyl groups is 1. The zero-order chi connectivity index (χ0) is 16.8. The van der Waals surface area contributed by atoms with Crippen LogP contribution >= 0.6 is 0 Å². The summed E-state index contributed by atoms with van der Waals surface area (Å²) < 4.78 is 0. The number of benzene rings is 1. The molecule has 2 N–H and O–H groups in total. The van der Waals surface area contributed by atoms with Gasteiger partial charge in [0.2, 0.25) is 5.91 Å². The maximum Gasteiger partial charge on any atom is 0.224 e. The molecule has 0 bridgehead atoms. The number of carbonyl (C=O) groups is 1. The third-order valence-electron chi connectivity index (χ3n) is 4.33. The third-order valence-corrected chi connectivity index (χ3v) is 4.33. The van der Waals surface area contributed by atoms with Gasteiger partial charge in [0.15, 0.2) is 0 Å². The van der Waals surface area contributed by atoms with Crippen LogP contribution in [0.15, 0.2) is 48.8 Å². The monoisotopic (exact) mass is 325 g/mol. The first-order valence-electron chi connectivity index (χ1n) is 8.33. The molecule has 0 fully saturated rings. The fourth-order valence-corrected chi connectivity index (χ4v) is 3.05. The van der Waals surface area contributed by atoms with E-state index in [1.54, 1.807) is 12.4 Å². The van der Waals surface area contributed by atoms with Crippen LogP contribution < -0.4 is 5.32 Å². The first-order chi connectivity index (χ1) is 11.7. The molecule has 126 valence electrons. The Morgan fingerprint density at radius 1 is 1.21 bits per heavy atom. The standard InChI is InChI=1S/C19H23N3O2/c23-18(12-21-19(24)11-15-5-8-20-9-6-15)14-22-10-7-16-3-1-2-4-17(16)13-22/h1-6,8-9,18,23H,7,10-14H2,(H,21,24). The predicted octanol–water partition coefficient (Wildman–Crippen LogP) is 1.16. The molecule has 1 amide bonds. The summed E-state index contributed by atoms with van der Waals surface area (Å²) in [4.78, 5) is 18.1. The van der Waals surface area contributed by atoms with Gasteiger partial charge in [0, 0.05) is 38.6 Å². The van der Waals surface area contributed by atoms with Crippen LogP contribution in [0.3, 0.4) is 0 Å². The van der Waals surface area contributed by atoms with Gasteiger partial charge in [-0.15, -0.1) is 0 Å². The van der Waals surface area contributed by atoms with E-state index in [0.717, 1.165) is 25.1 Å². The molecule has 0 saturated carbocycles. The van der Waals surface area contributed by atoms with E-state index in [0.29, 0.717) is 13.0 Å². The summed E-state index contributed by atoms with van der Waals surface area (Å²) in [6, 6.07) is 12.1. The summed E-state index contributed by atoms with van der Waals surface area (Å²) in [5.41, 5.74) is 3.65. The van der Waals surface area contributed by atoms with Gasteiger partial charge in [-0.2, -0.15) is 0 Å². The number of aromatic nitrogens is 1. The molecule has 0 radical (unpaired) electrons. The highest BCUT2D eigenvalue weighted by Gasteiger charge is 2.18. The summed E-state index contributed by atoms with van der Waals surface area (Å²) in [5.74, 6) is -0.0794. The number of nitrogens with one attached hydrogen (secondary N) is 1. The number of β-amino-alcohol motifs (C(OH)–C–C–N with tert-alkyl or cyclic N) is 1. The number of hydrogen-bond acceptors (Lipinski definition) is 4. The molecule has 2 heterocycles. The molecular formula is C19H23N3O2. The van der Waals surface area contributed by atoms with Crippen molar-refractivity contribution >= 4 is 5.91 Å². The summed E-state index contributed by atoms with van der Waals surface area (Å²) in [7, 11) is 0. The van der Waals surface area contributed by atoms with E-state index in [-0.39, 0.29) is 12.5 Å². The topological polar surface area (TPSA) is 65.5 Å². The molecule has 5 heteroatoms. The van der Waals surface area contributed by atoms with E-state index >= 15 is 0 Å². The lowest BCUT2D eigenvalue weighted by molar-refractivity contribution is -0.121. The van der Waals surface area contributed by atoms with Crippen molar-refractivity contribution in [3.8, 4) is 0 Å². The minimum absolute atomic E-state index is 0.0794. The summed E-state index contributed by atoms with van der Waals surface area (Å²) in [6.07, 6.45) is 4.11. The first-order valence-corrected chi connectivity index (χ1v) is 8.33. The fourth-order valence-electron chi connectivity index (χ4n) is 3.05. The highest BCUT2D eigenvalue weighted by Crippen LogP contribution is 2.18. The number of carbonyl (C=O) groups excluding carboxylic acids is 1. The SMILES string of the molecule is O=C(Cc1ccncc1)NCC(O)CN1CCc2ccccc2C1. The number of fused-ring (bicyclic) bond motifs is 1. The minimum Gasteiger partial charge on any atom is -0.390 e. The molecule has 24 heavy (non-hydrogen) atoms. The van der Waals surface area contributed by atoms with Crippen LogP contribution in [-0.4, -0.2) is 46.6 Å². The number of hydrogen-bond donors (Lipinski definition) is 2. The third kappa shape index (κ3) is 4.63. The predicted molar refractivity (Wildman–Crippen MR) is 92.4 cm³/mol. The molecule has 1 aromatic carbocycles. The van der Waals surface area contributed by atoms with Gasteiger partial charge in [-0.1, -0.05) is 24.3 Å². The summed E-state index contributed by atoms with van der Waals surface area (Å²) in [5, 5.41) is 13.0. The van der Waals surface area contributed by atoms with Crippen molar-refractivity contribution < 1.29 is 9.90 Å². The maximum atomic E-state index is 11.9. The Morgan fingerprint density at radius 2 is 1.96 bits per heavy atom. The van der Waals surface area contributed by atoms with Crippen molar-refractivity contribution in [1.82, 2.24) is 15.2 Å². The van der Waals surface area contributed by atoms with Crippen LogP contribution in [0.1, 0.15) is 16.7 Å². The highest BCUT2D eigenvalue weighted by atomic mass is 16.3. The average molecular weight is 325 g/mol. The van der Waals surface area contributed by atoms with Crippen LogP contribution in [0.4, 0.5) is 0 Å². The van der Waals surface area contributed by atoms with Gasteiger partial charge in [0.25, 0.3) is 0 Å². The molecule has 1 atom stereocenters. The van der Waals surface area contributed by atoms with E-state index in [4.69, 9.17) is 0 Å². The Hall–Kier alpha value is -2.24. The molecule has 0 aliphatic carbocycles. The van der Waals surface area contributed by atoms with Gasteiger partial charge >= 0.3 is 0 Å². The van der Waals surface area contributed by atoms with Gasteiger partial charge < -0.3 is 10.4 Å². The fraction of sp³-hybridized carbons (Fsp3) is 0.368. The Morgan fingerprint density at radius 3 is 2.75 bits per heavy atom. The number of aliphatic hydroxyl groups excluding tert-OH is 1. The van der Waals surface area contributed by atoms with Gasteiger partial charge in [-0.25, -0.2) is 0 Å². The van der Waals surface area contributed by atoms with Crippen molar-refractivity contribution in [3.05, 3.63) is 65.5 Å². The average Bonchev–Trinajstić information content (AvgIpc) is 2.61. The van der Waals surface area contributed by atoms with Crippen LogP contribution in [0, 0.1) is 0 Å². The van der Waals surface area contributed by atoms with Crippen LogP contribution in [-0.2, 0) is 24.2 Å². The number of amides is 1.